The number of amides is 1. The summed E-state index contributed by atoms with van der Waals surface area (Å²) < 4.78 is 45.3. The standard InChI is InChI=1S/C17H18F3N3O2/c1-10(2)25-12-4-3-11(14(7-12)17(18,19)20)8-23-15-5-6-22-9-13(15)16(21)24/h3-7,9-10H,8H2,1-2H3,(H2,21,24)(H,22,23). The predicted octanol–water partition coefficient (Wildman–Crippen LogP) is 3.60. The number of ether oxygens (including phenoxy) is 1. The molecule has 134 valence electrons. The zero-order valence-electron chi connectivity index (χ0n) is 13.7. The zero-order chi connectivity index (χ0) is 18.6. The van der Waals surface area contributed by atoms with Crippen LogP contribution in [0.1, 0.15) is 35.3 Å². The largest absolute Gasteiger partial charge is 0.491 e. The molecule has 0 aliphatic rings. The van der Waals surface area contributed by atoms with Crippen LogP contribution in [-0.4, -0.2) is 17.0 Å². The first-order valence-corrected chi connectivity index (χ1v) is 7.53. The lowest BCUT2D eigenvalue weighted by molar-refractivity contribution is -0.138. The van der Waals surface area contributed by atoms with Crippen molar-refractivity contribution in [1.82, 2.24) is 4.98 Å². The number of nitrogens with zero attached hydrogens (tertiary/aromatic N) is 1. The first-order chi connectivity index (χ1) is 11.7. The van der Waals surface area contributed by atoms with E-state index in [4.69, 9.17) is 10.5 Å². The van der Waals surface area contributed by atoms with E-state index in [2.05, 4.69) is 10.3 Å². The number of pyridine rings is 1. The van der Waals surface area contributed by atoms with Crippen molar-refractivity contribution >= 4 is 11.6 Å². The number of nitrogens with one attached hydrogen (secondary N) is 1. The molecule has 0 unspecified atom stereocenters. The lowest BCUT2D eigenvalue weighted by Crippen LogP contribution is -2.16. The van der Waals surface area contributed by atoms with Crippen LogP contribution < -0.4 is 15.8 Å². The maximum atomic E-state index is 13.3. The topological polar surface area (TPSA) is 77.2 Å². The van der Waals surface area contributed by atoms with Gasteiger partial charge in [-0.3, -0.25) is 9.78 Å². The van der Waals surface area contributed by atoms with Crippen molar-refractivity contribution in [3.8, 4) is 5.75 Å². The summed E-state index contributed by atoms with van der Waals surface area (Å²) in [6, 6.07) is 5.27. The molecule has 25 heavy (non-hydrogen) atoms. The van der Waals surface area contributed by atoms with E-state index in [-0.39, 0.29) is 29.5 Å². The highest BCUT2D eigenvalue weighted by Gasteiger charge is 2.33. The van der Waals surface area contributed by atoms with E-state index in [0.717, 1.165) is 6.07 Å². The number of hydrogen-bond acceptors (Lipinski definition) is 4. The molecule has 1 aromatic heterocycles. The van der Waals surface area contributed by atoms with Gasteiger partial charge in [-0.25, -0.2) is 0 Å². The highest BCUT2D eigenvalue weighted by atomic mass is 19.4. The Morgan fingerprint density at radius 1 is 1.32 bits per heavy atom. The van der Waals surface area contributed by atoms with Crippen LogP contribution in [0.15, 0.2) is 36.7 Å². The summed E-state index contributed by atoms with van der Waals surface area (Å²) in [5, 5.41) is 2.80. The van der Waals surface area contributed by atoms with Gasteiger partial charge >= 0.3 is 6.18 Å². The van der Waals surface area contributed by atoms with Gasteiger partial charge in [0.2, 0.25) is 0 Å². The van der Waals surface area contributed by atoms with Crippen LogP contribution >= 0.6 is 0 Å². The number of rotatable bonds is 6. The van der Waals surface area contributed by atoms with Gasteiger partial charge in [0, 0.05) is 18.9 Å². The van der Waals surface area contributed by atoms with Crippen LogP contribution in [0.25, 0.3) is 0 Å². The molecule has 1 amide bonds. The molecule has 0 atom stereocenters. The van der Waals surface area contributed by atoms with Gasteiger partial charge in [0.1, 0.15) is 5.75 Å². The molecule has 0 saturated carbocycles. The fraction of sp³-hybridized carbons (Fsp3) is 0.294. The minimum atomic E-state index is -4.53. The molecular formula is C17H18F3N3O2. The molecule has 2 rings (SSSR count). The molecule has 5 nitrogen and oxygen atoms in total. The van der Waals surface area contributed by atoms with E-state index in [9.17, 15) is 18.0 Å². The van der Waals surface area contributed by atoms with Gasteiger partial charge in [0.05, 0.1) is 22.9 Å². The smallest absolute Gasteiger partial charge is 0.416 e. The molecule has 1 aromatic carbocycles. The number of primary amides is 1. The SMILES string of the molecule is CC(C)Oc1ccc(CNc2ccncc2C(N)=O)c(C(F)(F)F)c1. The van der Waals surface area contributed by atoms with Crippen LogP contribution in [0.5, 0.6) is 5.75 Å². The van der Waals surface area contributed by atoms with Crippen LogP contribution in [0, 0.1) is 0 Å². The molecule has 0 aliphatic heterocycles. The van der Waals surface area contributed by atoms with Gasteiger partial charge in [0.15, 0.2) is 0 Å². The predicted molar refractivity (Wildman–Crippen MR) is 87.3 cm³/mol. The van der Waals surface area contributed by atoms with E-state index in [1.807, 2.05) is 0 Å². The van der Waals surface area contributed by atoms with Crippen molar-refractivity contribution < 1.29 is 22.7 Å². The Labute approximate surface area is 143 Å². The number of carbonyl (C=O) groups excluding carboxylic acids is 1. The Morgan fingerprint density at radius 3 is 2.64 bits per heavy atom. The highest BCUT2D eigenvalue weighted by Crippen LogP contribution is 2.35. The summed E-state index contributed by atoms with van der Waals surface area (Å²) in [5.41, 5.74) is 4.88. The first kappa shape index (κ1) is 18.6. The fourth-order valence-corrected chi connectivity index (χ4v) is 2.25. The molecule has 1 heterocycles. The molecule has 2 aromatic rings. The zero-order valence-corrected chi connectivity index (χ0v) is 13.7. The van der Waals surface area contributed by atoms with E-state index in [1.165, 1.54) is 30.6 Å². The molecule has 0 spiro atoms. The van der Waals surface area contributed by atoms with Gasteiger partial charge in [-0.1, -0.05) is 6.07 Å². The Kier molecular flexibility index (Phi) is 5.51. The lowest BCUT2D eigenvalue weighted by atomic mass is 10.1. The molecule has 0 fully saturated rings. The summed E-state index contributed by atoms with van der Waals surface area (Å²) in [6.07, 6.45) is -2.09. The summed E-state index contributed by atoms with van der Waals surface area (Å²) in [6.45, 7) is 3.33. The molecular weight excluding hydrogens is 335 g/mol. The highest BCUT2D eigenvalue weighted by molar-refractivity contribution is 5.98. The molecule has 0 saturated heterocycles. The second kappa shape index (κ2) is 7.42. The number of nitrogens with two attached hydrogens (primary N) is 1. The summed E-state index contributed by atoms with van der Waals surface area (Å²) in [5.74, 6) is -0.569. The summed E-state index contributed by atoms with van der Waals surface area (Å²) in [7, 11) is 0. The van der Waals surface area contributed by atoms with Crippen LogP contribution in [0.4, 0.5) is 18.9 Å². The van der Waals surface area contributed by atoms with Crippen molar-refractivity contribution in [1.29, 1.82) is 0 Å². The molecule has 0 aliphatic carbocycles. The molecule has 0 bridgehead atoms. The third-order valence-corrected chi connectivity index (χ3v) is 3.31. The second-order valence-electron chi connectivity index (χ2n) is 5.62. The number of benzene rings is 1. The first-order valence-electron chi connectivity index (χ1n) is 7.53. The van der Waals surface area contributed by atoms with E-state index in [0.29, 0.717) is 5.69 Å². The Balaban J connectivity index is 2.29. The number of hydrogen-bond donors (Lipinski definition) is 2. The fourth-order valence-electron chi connectivity index (χ4n) is 2.25. The maximum absolute atomic E-state index is 13.3. The van der Waals surface area contributed by atoms with Gasteiger partial charge in [-0.05, 0) is 37.6 Å². The van der Waals surface area contributed by atoms with Gasteiger partial charge < -0.3 is 15.8 Å². The molecule has 8 heteroatoms. The van der Waals surface area contributed by atoms with Gasteiger partial charge in [-0.2, -0.15) is 13.2 Å². The monoisotopic (exact) mass is 353 g/mol. The van der Waals surface area contributed by atoms with E-state index < -0.39 is 17.6 Å². The average Bonchev–Trinajstić information content (AvgIpc) is 2.52. The van der Waals surface area contributed by atoms with E-state index >= 15 is 0 Å². The van der Waals surface area contributed by atoms with Crippen molar-refractivity contribution in [2.24, 2.45) is 5.73 Å². The number of carbonyl (C=O) groups is 1. The van der Waals surface area contributed by atoms with Crippen LogP contribution in [-0.2, 0) is 12.7 Å². The van der Waals surface area contributed by atoms with E-state index in [1.54, 1.807) is 13.8 Å². The number of alkyl halides is 3. The van der Waals surface area contributed by atoms with Crippen LogP contribution in [0.2, 0.25) is 0 Å². The molecule has 3 N–H and O–H groups in total. The third-order valence-electron chi connectivity index (χ3n) is 3.31. The second-order valence-corrected chi connectivity index (χ2v) is 5.62. The number of anilines is 1. The van der Waals surface area contributed by atoms with Gasteiger partial charge in [0.25, 0.3) is 5.91 Å². The third kappa shape index (κ3) is 4.85. The van der Waals surface area contributed by atoms with Crippen LogP contribution in [0.3, 0.4) is 0 Å². The average molecular weight is 353 g/mol. The van der Waals surface area contributed by atoms with Crippen molar-refractivity contribution in [3.05, 3.63) is 53.3 Å². The number of aromatic nitrogens is 1. The van der Waals surface area contributed by atoms with Gasteiger partial charge in [-0.15, -0.1) is 0 Å². The van der Waals surface area contributed by atoms with Crippen molar-refractivity contribution in [3.63, 3.8) is 0 Å². The minimum Gasteiger partial charge on any atom is -0.491 e. The molecule has 0 radical (unpaired) electrons. The van der Waals surface area contributed by atoms with Crippen molar-refractivity contribution in [2.75, 3.05) is 5.32 Å². The Morgan fingerprint density at radius 2 is 2.04 bits per heavy atom. The normalized spacial score (nSPS) is 11.4. The number of halogens is 3. The quantitative estimate of drug-likeness (QED) is 0.832. The Bertz CT molecular complexity index is 761. The Hall–Kier alpha value is -2.77. The summed E-state index contributed by atoms with van der Waals surface area (Å²) in [4.78, 5) is 15.1. The minimum absolute atomic E-state index is 0.0239. The maximum Gasteiger partial charge on any atom is 0.416 e. The summed E-state index contributed by atoms with van der Waals surface area (Å²) >= 11 is 0. The van der Waals surface area contributed by atoms with Crippen molar-refractivity contribution in [2.45, 2.75) is 32.7 Å². The lowest BCUT2D eigenvalue weighted by Gasteiger charge is -2.17.